The molecule has 110 valence electrons. The Morgan fingerprint density at radius 1 is 1.30 bits per heavy atom. The average molecular weight is 302 g/mol. The van der Waals surface area contributed by atoms with Gasteiger partial charge < -0.3 is 5.32 Å². The first-order chi connectivity index (χ1) is 9.42. The highest BCUT2D eigenvalue weighted by Crippen LogP contribution is 2.19. The van der Waals surface area contributed by atoms with Gasteiger partial charge in [-0.3, -0.25) is 10.1 Å². The minimum absolute atomic E-state index is 0.0263. The summed E-state index contributed by atoms with van der Waals surface area (Å²) in [6.45, 7) is 3.73. The molecule has 1 aromatic carbocycles. The van der Waals surface area contributed by atoms with Crippen molar-refractivity contribution in [1.82, 2.24) is 10.6 Å². The summed E-state index contributed by atoms with van der Waals surface area (Å²) in [7, 11) is 0. The molecule has 0 bridgehead atoms. The van der Waals surface area contributed by atoms with Crippen LogP contribution in [0.25, 0.3) is 0 Å². The van der Waals surface area contributed by atoms with E-state index in [4.69, 9.17) is 0 Å². The first-order valence-corrected chi connectivity index (χ1v) is 7.09. The van der Waals surface area contributed by atoms with E-state index in [-0.39, 0.29) is 11.8 Å². The number of amides is 3. The molecule has 1 atom stereocenters. The number of rotatable bonds is 5. The molecule has 3 amide bonds. The van der Waals surface area contributed by atoms with Crippen LogP contribution in [0.2, 0.25) is 0 Å². The van der Waals surface area contributed by atoms with E-state index in [2.05, 4.69) is 10.6 Å². The van der Waals surface area contributed by atoms with Crippen molar-refractivity contribution in [3.05, 3.63) is 29.8 Å². The molecule has 0 radical (unpaired) electrons. The van der Waals surface area contributed by atoms with E-state index in [1.54, 1.807) is 0 Å². The summed E-state index contributed by atoms with van der Waals surface area (Å²) < 4.78 is 25.7. The minimum Gasteiger partial charge on any atom is -0.335 e. The molecule has 2 N–H and O–H groups in total. The van der Waals surface area contributed by atoms with Crippen molar-refractivity contribution in [2.45, 2.75) is 31.2 Å². The highest BCUT2D eigenvalue weighted by atomic mass is 32.2. The van der Waals surface area contributed by atoms with Gasteiger partial charge in [-0.15, -0.1) is 11.8 Å². The lowest BCUT2D eigenvalue weighted by molar-refractivity contribution is -0.117. The van der Waals surface area contributed by atoms with Crippen molar-refractivity contribution < 1.29 is 18.4 Å². The second-order valence-corrected chi connectivity index (χ2v) is 5.24. The van der Waals surface area contributed by atoms with Gasteiger partial charge in [-0.2, -0.15) is 0 Å². The Labute approximate surface area is 120 Å². The Bertz CT molecular complexity index is 497. The highest BCUT2D eigenvalue weighted by molar-refractivity contribution is 8.00. The topological polar surface area (TPSA) is 58.2 Å². The molecule has 0 saturated carbocycles. The normalized spacial score (nSPS) is 11.8. The Morgan fingerprint density at radius 3 is 2.60 bits per heavy atom. The first-order valence-electron chi connectivity index (χ1n) is 6.10. The van der Waals surface area contributed by atoms with Crippen molar-refractivity contribution in [2.75, 3.05) is 5.75 Å². The molecule has 0 unspecified atom stereocenters. The van der Waals surface area contributed by atoms with Crippen molar-refractivity contribution in [3.8, 4) is 0 Å². The Morgan fingerprint density at radius 2 is 2.00 bits per heavy atom. The number of nitrogens with one attached hydrogen (secondary N) is 2. The van der Waals surface area contributed by atoms with E-state index < -0.39 is 23.6 Å². The lowest BCUT2D eigenvalue weighted by Gasteiger charge is -2.11. The predicted molar refractivity (Wildman–Crippen MR) is 73.5 cm³/mol. The van der Waals surface area contributed by atoms with Gasteiger partial charge in [0.25, 0.3) is 0 Å². The minimum atomic E-state index is -0.968. The molecule has 0 aliphatic carbocycles. The third kappa shape index (κ3) is 5.56. The number of carbonyl (C=O) groups excluding carboxylic acids is 2. The molecule has 0 saturated heterocycles. The standard InChI is InChI=1S/C13H16F2N2O2S/c1-3-8(2)16-13(19)17-12(18)7-20-9-4-5-10(14)11(15)6-9/h4-6,8H,3,7H2,1-2H3,(H2,16,17,18,19)/t8-/m1/s1. The van der Waals surface area contributed by atoms with Gasteiger partial charge in [-0.1, -0.05) is 6.92 Å². The molecule has 0 fully saturated rings. The van der Waals surface area contributed by atoms with Crippen molar-refractivity contribution >= 4 is 23.7 Å². The Kier molecular flexibility index (Phi) is 6.44. The molecular weight excluding hydrogens is 286 g/mol. The largest absolute Gasteiger partial charge is 0.335 e. The van der Waals surface area contributed by atoms with Crippen LogP contribution in [0.15, 0.2) is 23.1 Å². The summed E-state index contributed by atoms with van der Waals surface area (Å²) in [5.74, 6) is -2.46. The van der Waals surface area contributed by atoms with Crippen LogP contribution in [-0.2, 0) is 4.79 Å². The van der Waals surface area contributed by atoms with Gasteiger partial charge in [-0.25, -0.2) is 13.6 Å². The van der Waals surface area contributed by atoms with Crippen LogP contribution in [0.5, 0.6) is 0 Å². The van der Waals surface area contributed by atoms with Crippen LogP contribution >= 0.6 is 11.8 Å². The van der Waals surface area contributed by atoms with Crippen LogP contribution in [0, 0.1) is 11.6 Å². The third-order valence-electron chi connectivity index (χ3n) is 2.50. The second kappa shape index (κ2) is 7.84. The maximum Gasteiger partial charge on any atom is 0.321 e. The first kappa shape index (κ1) is 16.4. The van der Waals surface area contributed by atoms with Crippen LogP contribution in [0.4, 0.5) is 13.6 Å². The Balaban J connectivity index is 2.39. The fourth-order valence-corrected chi connectivity index (χ4v) is 1.96. The summed E-state index contributed by atoms with van der Waals surface area (Å²) in [5.41, 5.74) is 0. The SMILES string of the molecule is CC[C@@H](C)NC(=O)NC(=O)CSc1ccc(F)c(F)c1. The molecule has 0 heterocycles. The number of imide groups is 1. The smallest absolute Gasteiger partial charge is 0.321 e. The van der Waals surface area contributed by atoms with Crippen LogP contribution in [-0.4, -0.2) is 23.7 Å². The monoisotopic (exact) mass is 302 g/mol. The van der Waals surface area contributed by atoms with Crippen LogP contribution < -0.4 is 10.6 Å². The number of halogens is 2. The van der Waals surface area contributed by atoms with E-state index in [0.29, 0.717) is 4.90 Å². The molecule has 20 heavy (non-hydrogen) atoms. The van der Waals surface area contributed by atoms with Gasteiger partial charge >= 0.3 is 6.03 Å². The van der Waals surface area contributed by atoms with Gasteiger partial charge in [0.05, 0.1) is 5.75 Å². The lowest BCUT2D eigenvalue weighted by Crippen LogP contribution is -2.43. The van der Waals surface area contributed by atoms with E-state index in [1.165, 1.54) is 6.07 Å². The summed E-state index contributed by atoms with van der Waals surface area (Å²) in [5, 5.41) is 4.75. The maximum absolute atomic E-state index is 12.9. The molecular formula is C13H16F2N2O2S. The summed E-state index contributed by atoms with van der Waals surface area (Å²) in [6, 6.07) is 2.78. The zero-order valence-electron chi connectivity index (χ0n) is 11.2. The number of hydrogen-bond donors (Lipinski definition) is 2. The van der Waals surface area contributed by atoms with Crippen molar-refractivity contribution in [3.63, 3.8) is 0 Å². The summed E-state index contributed by atoms with van der Waals surface area (Å²) in [4.78, 5) is 23.3. The fraction of sp³-hybridized carbons (Fsp3) is 0.385. The number of thioether (sulfide) groups is 1. The van der Waals surface area contributed by atoms with Crippen LogP contribution in [0.1, 0.15) is 20.3 Å². The molecule has 4 nitrogen and oxygen atoms in total. The summed E-state index contributed by atoms with van der Waals surface area (Å²) in [6.07, 6.45) is 0.755. The number of urea groups is 1. The van der Waals surface area contributed by atoms with Gasteiger partial charge in [0.15, 0.2) is 11.6 Å². The second-order valence-electron chi connectivity index (χ2n) is 4.20. The van der Waals surface area contributed by atoms with E-state index in [0.717, 1.165) is 30.3 Å². The molecule has 0 aliphatic heterocycles. The van der Waals surface area contributed by atoms with E-state index in [9.17, 15) is 18.4 Å². The maximum atomic E-state index is 12.9. The van der Waals surface area contributed by atoms with Crippen LogP contribution in [0.3, 0.4) is 0 Å². The molecule has 0 spiro atoms. The van der Waals surface area contributed by atoms with E-state index >= 15 is 0 Å². The fourth-order valence-electron chi connectivity index (χ4n) is 1.24. The average Bonchev–Trinajstić information content (AvgIpc) is 2.39. The highest BCUT2D eigenvalue weighted by Gasteiger charge is 2.10. The molecule has 7 heteroatoms. The zero-order chi connectivity index (χ0) is 15.1. The molecule has 1 rings (SSSR count). The predicted octanol–water partition coefficient (Wildman–Crippen LogP) is 2.68. The Hall–Kier alpha value is -1.63. The zero-order valence-corrected chi connectivity index (χ0v) is 12.0. The van der Waals surface area contributed by atoms with Gasteiger partial charge in [0.1, 0.15) is 0 Å². The molecule has 1 aromatic rings. The molecule has 0 aliphatic rings. The third-order valence-corrected chi connectivity index (χ3v) is 3.50. The number of carbonyl (C=O) groups is 2. The summed E-state index contributed by atoms with van der Waals surface area (Å²) >= 11 is 1.02. The number of hydrogen-bond acceptors (Lipinski definition) is 3. The lowest BCUT2D eigenvalue weighted by atomic mass is 10.3. The van der Waals surface area contributed by atoms with E-state index in [1.807, 2.05) is 13.8 Å². The molecule has 0 aromatic heterocycles. The van der Waals surface area contributed by atoms with Crippen molar-refractivity contribution in [1.29, 1.82) is 0 Å². The quantitative estimate of drug-likeness (QED) is 0.822. The number of benzene rings is 1. The van der Waals surface area contributed by atoms with Gasteiger partial charge in [0.2, 0.25) is 5.91 Å². The van der Waals surface area contributed by atoms with Gasteiger partial charge in [0, 0.05) is 10.9 Å². The van der Waals surface area contributed by atoms with Gasteiger partial charge in [-0.05, 0) is 31.5 Å². The van der Waals surface area contributed by atoms with Crippen molar-refractivity contribution in [2.24, 2.45) is 0 Å².